The van der Waals surface area contributed by atoms with E-state index in [2.05, 4.69) is 40.1 Å². The Labute approximate surface area is 129 Å². The molecule has 0 saturated carbocycles. The maximum Gasteiger partial charge on any atom is 0.137 e. The molecular formula is C16H24BrFN2. The largest absolute Gasteiger partial charge is 0.310 e. The van der Waals surface area contributed by atoms with Gasteiger partial charge in [-0.2, -0.15) is 0 Å². The summed E-state index contributed by atoms with van der Waals surface area (Å²) in [6.45, 7) is 5.62. The molecule has 1 aliphatic rings. The standard InChI is InChI=1S/C16H24BrFN2/c1-12(14-3-4-16(18)15(17)11-14)19-8-5-13-6-9-20(2)10-7-13/h3-4,11-13,19H,5-10H2,1-2H3. The molecule has 0 spiro atoms. The fraction of sp³-hybridized carbons (Fsp3) is 0.625. The molecule has 1 aromatic carbocycles. The molecule has 1 aromatic rings. The highest BCUT2D eigenvalue weighted by molar-refractivity contribution is 9.10. The number of hydrogen-bond donors (Lipinski definition) is 1. The summed E-state index contributed by atoms with van der Waals surface area (Å²) in [5, 5.41) is 3.55. The highest BCUT2D eigenvalue weighted by Gasteiger charge is 2.16. The minimum absolute atomic E-state index is 0.202. The molecule has 0 aromatic heterocycles. The third-order valence-electron chi connectivity index (χ3n) is 4.28. The van der Waals surface area contributed by atoms with Crippen LogP contribution in [0.4, 0.5) is 4.39 Å². The molecule has 2 nitrogen and oxygen atoms in total. The first kappa shape index (κ1) is 15.9. The summed E-state index contributed by atoms with van der Waals surface area (Å²) in [4.78, 5) is 2.41. The molecule has 1 heterocycles. The molecule has 1 atom stereocenters. The molecule has 2 rings (SSSR count). The smallest absolute Gasteiger partial charge is 0.137 e. The van der Waals surface area contributed by atoms with Gasteiger partial charge >= 0.3 is 0 Å². The van der Waals surface area contributed by atoms with E-state index in [0.29, 0.717) is 4.47 Å². The Hall–Kier alpha value is -0.450. The van der Waals surface area contributed by atoms with Crippen LogP contribution in [0.5, 0.6) is 0 Å². The van der Waals surface area contributed by atoms with Crippen LogP contribution in [-0.2, 0) is 0 Å². The first-order chi connectivity index (χ1) is 9.56. The van der Waals surface area contributed by atoms with Gasteiger partial charge in [0.1, 0.15) is 5.82 Å². The van der Waals surface area contributed by atoms with Gasteiger partial charge in [-0.1, -0.05) is 6.07 Å². The third kappa shape index (κ3) is 4.54. The monoisotopic (exact) mass is 342 g/mol. The van der Waals surface area contributed by atoms with Gasteiger partial charge < -0.3 is 10.2 Å². The molecule has 112 valence electrons. The molecule has 1 N–H and O–H groups in total. The van der Waals surface area contributed by atoms with Crippen molar-refractivity contribution < 1.29 is 4.39 Å². The quantitative estimate of drug-likeness (QED) is 0.870. The summed E-state index contributed by atoms with van der Waals surface area (Å²) in [5.74, 6) is 0.651. The lowest BCUT2D eigenvalue weighted by Gasteiger charge is -2.29. The first-order valence-electron chi connectivity index (χ1n) is 7.43. The molecule has 0 bridgehead atoms. The van der Waals surface area contributed by atoms with Crippen LogP contribution in [0.3, 0.4) is 0 Å². The molecule has 1 saturated heterocycles. The van der Waals surface area contributed by atoms with Crippen LogP contribution in [0, 0.1) is 11.7 Å². The highest BCUT2D eigenvalue weighted by Crippen LogP contribution is 2.22. The molecule has 1 aliphatic heterocycles. The number of rotatable bonds is 5. The molecule has 1 fully saturated rings. The minimum atomic E-state index is -0.202. The molecule has 0 aliphatic carbocycles. The van der Waals surface area contributed by atoms with Crippen LogP contribution in [-0.4, -0.2) is 31.6 Å². The van der Waals surface area contributed by atoms with Gasteiger partial charge in [-0.25, -0.2) is 4.39 Å². The van der Waals surface area contributed by atoms with Gasteiger partial charge in [0.2, 0.25) is 0 Å². The lowest BCUT2D eigenvalue weighted by Crippen LogP contribution is -2.32. The lowest BCUT2D eigenvalue weighted by atomic mass is 9.93. The van der Waals surface area contributed by atoms with E-state index >= 15 is 0 Å². The van der Waals surface area contributed by atoms with E-state index in [4.69, 9.17) is 0 Å². The number of nitrogens with zero attached hydrogens (tertiary/aromatic N) is 1. The molecule has 4 heteroatoms. The highest BCUT2D eigenvalue weighted by atomic mass is 79.9. The van der Waals surface area contributed by atoms with Crippen molar-refractivity contribution in [3.63, 3.8) is 0 Å². The lowest BCUT2D eigenvalue weighted by molar-refractivity contribution is 0.211. The second-order valence-electron chi connectivity index (χ2n) is 5.88. The average molecular weight is 343 g/mol. The fourth-order valence-electron chi connectivity index (χ4n) is 2.75. The number of halogens is 2. The van der Waals surface area contributed by atoms with Crippen LogP contribution < -0.4 is 5.32 Å². The minimum Gasteiger partial charge on any atom is -0.310 e. The topological polar surface area (TPSA) is 15.3 Å². The molecule has 1 unspecified atom stereocenters. The molecular weight excluding hydrogens is 319 g/mol. The zero-order chi connectivity index (χ0) is 14.5. The van der Waals surface area contributed by atoms with Gasteiger partial charge in [0.15, 0.2) is 0 Å². The number of benzene rings is 1. The number of hydrogen-bond acceptors (Lipinski definition) is 2. The van der Waals surface area contributed by atoms with E-state index in [1.165, 1.54) is 38.4 Å². The van der Waals surface area contributed by atoms with Gasteiger partial charge in [-0.05, 0) is 92.4 Å². The number of nitrogens with one attached hydrogen (secondary N) is 1. The summed E-state index contributed by atoms with van der Waals surface area (Å²) in [5.41, 5.74) is 1.13. The van der Waals surface area contributed by atoms with Crippen LogP contribution in [0.15, 0.2) is 22.7 Å². The normalized spacial score (nSPS) is 19.2. The molecule has 20 heavy (non-hydrogen) atoms. The summed E-state index contributed by atoms with van der Waals surface area (Å²) in [6, 6.07) is 5.50. The Morgan fingerprint density at radius 3 is 2.75 bits per heavy atom. The number of likely N-dealkylation sites (tertiary alicyclic amines) is 1. The zero-order valence-electron chi connectivity index (χ0n) is 12.3. The SMILES string of the molecule is CC(NCCC1CCN(C)CC1)c1ccc(F)c(Br)c1. The Kier molecular flexibility index (Phi) is 6.00. The van der Waals surface area contributed by atoms with E-state index in [9.17, 15) is 4.39 Å². The second kappa shape index (κ2) is 7.53. The summed E-state index contributed by atoms with van der Waals surface area (Å²) in [7, 11) is 2.20. The third-order valence-corrected chi connectivity index (χ3v) is 4.89. The number of piperidine rings is 1. The van der Waals surface area contributed by atoms with E-state index in [1.54, 1.807) is 0 Å². The van der Waals surface area contributed by atoms with Crippen LogP contribution in [0.2, 0.25) is 0 Å². The Balaban J connectivity index is 1.74. The van der Waals surface area contributed by atoms with Gasteiger partial charge in [0, 0.05) is 6.04 Å². The Morgan fingerprint density at radius 1 is 1.40 bits per heavy atom. The fourth-order valence-corrected chi connectivity index (χ4v) is 3.15. The predicted octanol–water partition coefficient (Wildman–Crippen LogP) is 3.97. The Morgan fingerprint density at radius 2 is 2.10 bits per heavy atom. The van der Waals surface area contributed by atoms with Gasteiger partial charge in [-0.3, -0.25) is 0 Å². The van der Waals surface area contributed by atoms with Crippen molar-refractivity contribution in [2.24, 2.45) is 5.92 Å². The van der Waals surface area contributed by atoms with E-state index in [-0.39, 0.29) is 11.9 Å². The van der Waals surface area contributed by atoms with Crippen molar-refractivity contribution in [2.45, 2.75) is 32.2 Å². The maximum atomic E-state index is 13.2. The average Bonchev–Trinajstić information content (AvgIpc) is 2.44. The molecule has 0 radical (unpaired) electrons. The molecule has 0 amide bonds. The van der Waals surface area contributed by atoms with Crippen LogP contribution in [0.1, 0.15) is 37.8 Å². The Bertz CT molecular complexity index is 430. The van der Waals surface area contributed by atoms with Gasteiger partial charge in [0.25, 0.3) is 0 Å². The maximum absolute atomic E-state index is 13.2. The summed E-state index contributed by atoms with van der Waals surface area (Å²) >= 11 is 3.24. The van der Waals surface area contributed by atoms with E-state index in [0.717, 1.165) is 18.0 Å². The van der Waals surface area contributed by atoms with Gasteiger partial charge in [0.05, 0.1) is 4.47 Å². The summed E-state index contributed by atoms with van der Waals surface area (Å²) in [6.07, 6.45) is 3.86. The van der Waals surface area contributed by atoms with Crippen molar-refractivity contribution in [3.8, 4) is 0 Å². The van der Waals surface area contributed by atoms with Crippen molar-refractivity contribution in [2.75, 3.05) is 26.7 Å². The first-order valence-corrected chi connectivity index (χ1v) is 8.22. The van der Waals surface area contributed by atoms with E-state index in [1.807, 2.05) is 12.1 Å². The van der Waals surface area contributed by atoms with Crippen molar-refractivity contribution >= 4 is 15.9 Å². The van der Waals surface area contributed by atoms with Gasteiger partial charge in [-0.15, -0.1) is 0 Å². The van der Waals surface area contributed by atoms with Crippen molar-refractivity contribution in [3.05, 3.63) is 34.1 Å². The van der Waals surface area contributed by atoms with Crippen molar-refractivity contribution in [1.29, 1.82) is 0 Å². The predicted molar refractivity (Wildman–Crippen MR) is 85.4 cm³/mol. The zero-order valence-corrected chi connectivity index (χ0v) is 13.9. The van der Waals surface area contributed by atoms with Crippen molar-refractivity contribution in [1.82, 2.24) is 10.2 Å². The van der Waals surface area contributed by atoms with Crippen LogP contribution >= 0.6 is 15.9 Å². The summed E-state index contributed by atoms with van der Waals surface area (Å²) < 4.78 is 13.8. The van der Waals surface area contributed by atoms with Crippen LogP contribution in [0.25, 0.3) is 0 Å². The second-order valence-corrected chi connectivity index (χ2v) is 6.74. The van der Waals surface area contributed by atoms with E-state index < -0.39 is 0 Å².